The molecule has 2 amide bonds. The molecule has 0 spiro atoms. The minimum Gasteiger partial charge on any atom is -0.463 e. The summed E-state index contributed by atoms with van der Waals surface area (Å²) in [4.78, 5) is 40.5. The number of nitrogens with one attached hydrogen (secondary N) is 1. The molecule has 0 aliphatic carbocycles. The molecular formula is C31H32N2O4. The van der Waals surface area contributed by atoms with Crippen LogP contribution < -0.4 is 5.32 Å². The van der Waals surface area contributed by atoms with E-state index in [-0.39, 0.29) is 30.8 Å². The van der Waals surface area contributed by atoms with Crippen LogP contribution >= 0.6 is 0 Å². The fourth-order valence-electron chi connectivity index (χ4n) is 4.74. The highest BCUT2D eigenvalue weighted by atomic mass is 16.5. The Labute approximate surface area is 218 Å². The second-order valence-electron chi connectivity index (χ2n) is 9.18. The van der Waals surface area contributed by atoms with E-state index in [0.717, 1.165) is 22.3 Å². The van der Waals surface area contributed by atoms with Crippen LogP contribution in [0.5, 0.6) is 0 Å². The lowest BCUT2D eigenvalue weighted by atomic mass is 9.81. The van der Waals surface area contributed by atoms with Crippen molar-refractivity contribution in [1.82, 2.24) is 10.2 Å². The molecule has 1 heterocycles. The zero-order valence-corrected chi connectivity index (χ0v) is 21.5. The molecule has 0 radical (unpaired) electrons. The number of hydrogen-bond acceptors (Lipinski definition) is 4. The Kier molecular flexibility index (Phi) is 8.18. The smallest absolute Gasteiger partial charge is 0.336 e. The number of benzene rings is 3. The molecule has 1 aliphatic rings. The van der Waals surface area contributed by atoms with Crippen molar-refractivity contribution in [3.8, 4) is 0 Å². The van der Waals surface area contributed by atoms with Gasteiger partial charge in [0, 0.05) is 30.1 Å². The summed E-state index contributed by atoms with van der Waals surface area (Å²) in [6, 6.07) is 24.8. The largest absolute Gasteiger partial charge is 0.463 e. The number of carbonyl (C=O) groups is 3. The number of allylic oxidation sites excluding steroid dienone is 1. The van der Waals surface area contributed by atoms with E-state index in [0.29, 0.717) is 29.9 Å². The Morgan fingerprint density at radius 1 is 0.919 bits per heavy atom. The summed E-state index contributed by atoms with van der Waals surface area (Å²) in [6.45, 7) is 6.59. The van der Waals surface area contributed by atoms with Crippen LogP contribution in [0, 0.1) is 6.92 Å². The fourth-order valence-corrected chi connectivity index (χ4v) is 4.74. The Bertz CT molecular complexity index is 1310. The number of amides is 2. The van der Waals surface area contributed by atoms with Gasteiger partial charge >= 0.3 is 5.97 Å². The van der Waals surface area contributed by atoms with Crippen molar-refractivity contribution in [2.75, 3.05) is 6.61 Å². The summed E-state index contributed by atoms with van der Waals surface area (Å²) < 4.78 is 5.39. The first-order valence-corrected chi connectivity index (χ1v) is 12.5. The van der Waals surface area contributed by atoms with Crippen molar-refractivity contribution in [3.05, 3.63) is 118 Å². The fraction of sp³-hybridized carbons (Fsp3) is 0.258. The van der Waals surface area contributed by atoms with Crippen molar-refractivity contribution in [2.45, 2.75) is 46.2 Å². The summed E-state index contributed by atoms with van der Waals surface area (Å²) in [5, 5.41) is 2.92. The van der Waals surface area contributed by atoms with E-state index >= 15 is 0 Å². The van der Waals surface area contributed by atoms with E-state index in [1.165, 1.54) is 0 Å². The van der Waals surface area contributed by atoms with E-state index in [1.807, 2.05) is 73.7 Å². The molecule has 190 valence electrons. The first-order chi connectivity index (χ1) is 17.9. The number of nitrogens with zero attached hydrogens (tertiary/aromatic N) is 1. The molecule has 0 saturated carbocycles. The number of hydrogen-bond donors (Lipinski definition) is 1. The Hall–Kier alpha value is -4.19. The van der Waals surface area contributed by atoms with Gasteiger partial charge in [-0.25, -0.2) is 4.79 Å². The average Bonchev–Trinajstić information content (AvgIpc) is 2.90. The summed E-state index contributed by atoms with van der Waals surface area (Å²) >= 11 is 0. The summed E-state index contributed by atoms with van der Waals surface area (Å²) in [5.41, 5.74) is 5.56. The van der Waals surface area contributed by atoms with Crippen LogP contribution in [0.15, 0.2) is 90.1 Å². The SMILES string of the molecule is CCOC(=O)C1=C(C)N(Cc2ccc(C(=O)NCc3ccccc3)cc2)C(=O)CC1c1ccccc1C. The van der Waals surface area contributed by atoms with Gasteiger partial charge in [-0.05, 0) is 55.2 Å². The molecule has 6 heteroatoms. The molecule has 6 nitrogen and oxygen atoms in total. The molecule has 3 aromatic rings. The zero-order chi connectivity index (χ0) is 26.4. The maximum Gasteiger partial charge on any atom is 0.336 e. The highest BCUT2D eigenvalue weighted by Crippen LogP contribution is 2.38. The lowest BCUT2D eigenvalue weighted by Crippen LogP contribution is -2.38. The molecule has 1 aliphatic heterocycles. The summed E-state index contributed by atoms with van der Waals surface area (Å²) in [7, 11) is 0. The maximum atomic E-state index is 13.3. The van der Waals surface area contributed by atoms with Crippen LogP contribution in [0.2, 0.25) is 0 Å². The van der Waals surface area contributed by atoms with Crippen LogP contribution in [0.1, 0.15) is 58.8 Å². The molecule has 0 aromatic heterocycles. The molecular weight excluding hydrogens is 464 g/mol. The third-order valence-electron chi connectivity index (χ3n) is 6.73. The molecule has 0 saturated heterocycles. The topological polar surface area (TPSA) is 75.7 Å². The van der Waals surface area contributed by atoms with E-state index in [4.69, 9.17) is 4.74 Å². The maximum absolute atomic E-state index is 13.3. The molecule has 1 N–H and O–H groups in total. The molecule has 3 aromatic carbocycles. The van der Waals surface area contributed by atoms with Gasteiger partial charge in [0.15, 0.2) is 0 Å². The van der Waals surface area contributed by atoms with Crippen molar-refractivity contribution in [3.63, 3.8) is 0 Å². The number of ether oxygens (including phenoxy) is 1. The Morgan fingerprint density at radius 2 is 1.59 bits per heavy atom. The minimum absolute atomic E-state index is 0.0523. The lowest BCUT2D eigenvalue weighted by Gasteiger charge is -2.35. The van der Waals surface area contributed by atoms with E-state index in [1.54, 1.807) is 30.9 Å². The van der Waals surface area contributed by atoms with Crippen LogP contribution in [0.4, 0.5) is 0 Å². The van der Waals surface area contributed by atoms with Gasteiger partial charge in [-0.2, -0.15) is 0 Å². The van der Waals surface area contributed by atoms with Crippen LogP contribution in [0.3, 0.4) is 0 Å². The number of aryl methyl sites for hydroxylation is 1. The highest BCUT2D eigenvalue weighted by Gasteiger charge is 2.37. The Balaban J connectivity index is 1.53. The van der Waals surface area contributed by atoms with Crippen LogP contribution in [-0.2, 0) is 27.4 Å². The zero-order valence-electron chi connectivity index (χ0n) is 21.5. The second-order valence-corrected chi connectivity index (χ2v) is 9.18. The quantitative estimate of drug-likeness (QED) is 0.431. The second kappa shape index (κ2) is 11.7. The standard InChI is InChI=1S/C31H32N2O4/c1-4-37-31(36)29-22(3)33(28(34)18-27(29)26-13-9-8-10-21(26)2)20-24-14-16-25(17-15-24)30(35)32-19-23-11-6-5-7-12-23/h5-17,27H,4,18-20H2,1-3H3,(H,32,35). The molecule has 0 bridgehead atoms. The predicted molar refractivity (Wildman–Crippen MR) is 142 cm³/mol. The van der Waals surface area contributed by atoms with Crippen LogP contribution in [-0.4, -0.2) is 29.3 Å². The van der Waals surface area contributed by atoms with Gasteiger partial charge in [0.1, 0.15) is 0 Å². The third-order valence-corrected chi connectivity index (χ3v) is 6.73. The normalized spacial score (nSPS) is 15.5. The van der Waals surface area contributed by atoms with Crippen molar-refractivity contribution < 1.29 is 19.1 Å². The molecule has 4 rings (SSSR count). The number of esters is 1. The van der Waals surface area contributed by atoms with Gasteiger partial charge in [-0.3, -0.25) is 9.59 Å². The molecule has 1 atom stereocenters. The minimum atomic E-state index is -0.392. The Morgan fingerprint density at radius 3 is 2.27 bits per heavy atom. The van der Waals surface area contributed by atoms with Crippen LogP contribution in [0.25, 0.3) is 0 Å². The van der Waals surface area contributed by atoms with Gasteiger partial charge in [-0.15, -0.1) is 0 Å². The van der Waals surface area contributed by atoms with Crippen molar-refractivity contribution in [1.29, 1.82) is 0 Å². The predicted octanol–water partition coefficient (Wildman–Crippen LogP) is 5.28. The third kappa shape index (κ3) is 5.97. The lowest BCUT2D eigenvalue weighted by molar-refractivity contribution is -0.140. The first kappa shape index (κ1) is 25.9. The van der Waals surface area contributed by atoms with Gasteiger partial charge < -0.3 is 15.0 Å². The monoisotopic (exact) mass is 496 g/mol. The molecule has 37 heavy (non-hydrogen) atoms. The molecule has 1 unspecified atom stereocenters. The van der Waals surface area contributed by atoms with Gasteiger partial charge in [0.05, 0.1) is 18.7 Å². The van der Waals surface area contributed by atoms with Gasteiger partial charge in [-0.1, -0.05) is 66.7 Å². The van der Waals surface area contributed by atoms with Crippen molar-refractivity contribution >= 4 is 17.8 Å². The highest BCUT2D eigenvalue weighted by molar-refractivity contribution is 5.96. The average molecular weight is 497 g/mol. The number of carbonyl (C=O) groups excluding carboxylic acids is 3. The van der Waals surface area contributed by atoms with E-state index in [2.05, 4.69) is 5.32 Å². The van der Waals surface area contributed by atoms with Gasteiger partial charge in [0.25, 0.3) is 5.91 Å². The van der Waals surface area contributed by atoms with E-state index < -0.39 is 5.97 Å². The summed E-state index contributed by atoms with van der Waals surface area (Å²) in [6.07, 6.45) is 0.191. The van der Waals surface area contributed by atoms with Crippen molar-refractivity contribution in [2.24, 2.45) is 0 Å². The van der Waals surface area contributed by atoms with E-state index in [9.17, 15) is 14.4 Å². The number of rotatable bonds is 8. The first-order valence-electron chi connectivity index (χ1n) is 12.5. The van der Waals surface area contributed by atoms with Gasteiger partial charge in [0.2, 0.25) is 5.91 Å². The molecule has 0 fully saturated rings. The summed E-state index contributed by atoms with van der Waals surface area (Å²) in [5.74, 6) is -0.953.